The van der Waals surface area contributed by atoms with E-state index in [1.165, 1.54) is 20.0 Å². The number of amides is 2. The number of methoxy groups -OCH3 is 1. The number of ether oxygens (including phenoxy) is 2. The number of nitrogens with one attached hydrogen (secondary N) is 2. The molecule has 2 aliphatic heterocycles. The van der Waals surface area contributed by atoms with Gasteiger partial charge >= 0.3 is 12.0 Å². The number of piperidine rings is 1. The summed E-state index contributed by atoms with van der Waals surface area (Å²) in [5.41, 5.74) is 0.917. The molecule has 9 nitrogen and oxygen atoms in total. The molecule has 0 aliphatic carbocycles. The molecule has 0 spiro atoms. The number of benzene rings is 1. The summed E-state index contributed by atoms with van der Waals surface area (Å²) in [6, 6.07) is 4.62. The zero-order valence-electron chi connectivity index (χ0n) is 19.3. The highest BCUT2D eigenvalue weighted by Crippen LogP contribution is 2.32. The van der Waals surface area contributed by atoms with Crippen LogP contribution in [0.3, 0.4) is 0 Å². The first-order valence-corrected chi connectivity index (χ1v) is 11.1. The zero-order chi connectivity index (χ0) is 23.1. The van der Waals surface area contributed by atoms with Gasteiger partial charge in [0.25, 0.3) is 0 Å². The average molecular weight is 444 g/mol. The van der Waals surface area contributed by atoms with Crippen molar-refractivity contribution < 1.29 is 19.1 Å². The molecular formula is C23H33N5O4. The van der Waals surface area contributed by atoms with Crippen LogP contribution < -0.4 is 15.4 Å². The minimum atomic E-state index is -0.453. The fraction of sp³-hybridized carbons (Fsp3) is 0.522. The third kappa shape index (κ3) is 6.23. The molecule has 0 bridgehead atoms. The van der Waals surface area contributed by atoms with Crippen molar-refractivity contribution in [2.75, 3.05) is 46.2 Å². The van der Waals surface area contributed by atoms with E-state index in [1.807, 2.05) is 19.0 Å². The molecule has 174 valence electrons. The van der Waals surface area contributed by atoms with E-state index in [4.69, 9.17) is 9.47 Å². The van der Waals surface area contributed by atoms with E-state index in [1.54, 1.807) is 24.4 Å². The second kappa shape index (κ2) is 11.0. The Morgan fingerprint density at radius 1 is 1.34 bits per heavy atom. The fourth-order valence-electron chi connectivity index (χ4n) is 3.71. The summed E-state index contributed by atoms with van der Waals surface area (Å²) in [6.45, 7) is 5.28. The second-order valence-corrected chi connectivity index (χ2v) is 8.27. The Bertz CT molecular complexity index is 888. The van der Waals surface area contributed by atoms with Crippen LogP contribution in [0.4, 0.5) is 10.5 Å². The van der Waals surface area contributed by atoms with Crippen molar-refractivity contribution in [2.45, 2.75) is 38.6 Å². The van der Waals surface area contributed by atoms with Crippen LogP contribution in [0.2, 0.25) is 0 Å². The Hall–Kier alpha value is -3.07. The van der Waals surface area contributed by atoms with Gasteiger partial charge in [-0.15, -0.1) is 0 Å². The van der Waals surface area contributed by atoms with Gasteiger partial charge in [0.1, 0.15) is 0 Å². The Balaban J connectivity index is 1.71. The van der Waals surface area contributed by atoms with Gasteiger partial charge in [0.15, 0.2) is 17.3 Å². The van der Waals surface area contributed by atoms with Crippen LogP contribution in [-0.2, 0) is 4.74 Å². The minimum absolute atomic E-state index is 0.105. The summed E-state index contributed by atoms with van der Waals surface area (Å²) in [5.74, 6) is 0.777. The van der Waals surface area contributed by atoms with Gasteiger partial charge in [0.05, 0.1) is 18.4 Å². The largest absolute Gasteiger partial charge is 0.465 e. The SMILES string of the molecule is CCCCN1CCC(NC(=O)/N=C2/Nc3cc(C(=O)OC)ccc3O/C2=C\N(C)C)CC1. The predicted molar refractivity (Wildman–Crippen MR) is 124 cm³/mol. The topological polar surface area (TPSA) is 95.5 Å². The van der Waals surface area contributed by atoms with E-state index < -0.39 is 12.0 Å². The number of unbranched alkanes of at least 4 members (excludes halogenated alkanes) is 1. The first-order chi connectivity index (χ1) is 15.4. The summed E-state index contributed by atoms with van der Waals surface area (Å²) in [5, 5.41) is 6.14. The molecule has 0 aromatic heterocycles. The third-order valence-corrected chi connectivity index (χ3v) is 5.44. The molecule has 0 radical (unpaired) electrons. The third-order valence-electron chi connectivity index (χ3n) is 5.44. The highest BCUT2D eigenvalue weighted by atomic mass is 16.5. The maximum absolute atomic E-state index is 12.7. The number of rotatable bonds is 6. The van der Waals surface area contributed by atoms with Crippen molar-refractivity contribution in [1.82, 2.24) is 15.1 Å². The van der Waals surface area contributed by atoms with E-state index in [-0.39, 0.29) is 11.9 Å². The second-order valence-electron chi connectivity index (χ2n) is 8.27. The first-order valence-electron chi connectivity index (χ1n) is 11.1. The summed E-state index contributed by atoms with van der Waals surface area (Å²) in [6.07, 6.45) is 5.96. The number of amidine groups is 1. The lowest BCUT2D eigenvalue weighted by Gasteiger charge is -2.32. The summed E-state index contributed by atoms with van der Waals surface area (Å²) in [7, 11) is 5.04. The molecule has 2 amide bonds. The molecule has 2 aliphatic rings. The lowest BCUT2D eigenvalue weighted by molar-refractivity contribution is 0.0600. The number of hydrogen-bond donors (Lipinski definition) is 2. The van der Waals surface area contributed by atoms with Crippen molar-refractivity contribution >= 4 is 23.5 Å². The minimum Gasteiger partial charge on any atom is -0.465 e. The van der Waals surface area contributed by atoms with Crippen molar-refractivity contribution in [3.05, 3.63) is 35.7 Å². The lowest BCUT2D eigenvalue weighted by atomic mass is 10.0. The summed E-state index contributed by atoms with van der Waals surface area (Å²) < 4.78 is 10.7. The summed E-state index contributed by atoms with van der Waals surface area (Å²) >= 11 is 0. The first kappa shape index (κ1) is 23.6. The quantitative estimate of drug-likeness (QED) is 0.653. The monoisotopic (exact) mass is 443 g/mol. The number of hydrogen-bond acceptors (Lipinski definition) is 6. The molecule has 1 fully saturated rings. The number of carbonyl (C=O) groups is 2. The van der Waals surface area contributed by atoms with Gasteiger partial charge in [0.2, 0.25) is 0 Å². The molecule has 0 saturated carbocycles. The number of anilines is 1. The standard InChI is InChI=1S/C23H33N5O4/c1-5-6-11-28-12-9-17(10-13-28)24-23(30)26-21-20(15-27(2)3)32-19-8-7-16(22(29)31-4)14-18(19)25-21/h7-8,14-15,17H,5-6,9-13H2,1-4H3,(H2,24,25,26,30)/b20-15-. The van der Waals surface area contributed by atoms with Crippen LogP contribution in [0, 0.1) is 0 Å². The molecule has 2 N–H and O–H groups in total. The number of aliphatic imine (C=N–C) groups is 1. The summed E-state index contributed by atoms with van der Waals surface area (Å²) in [4.78, 5) is 33.0. The number of nitrogens with zero attached hydrogens (tertiary/aromatic N) is 3. The predicted octanol–water partition coefficient (Wildman–Crippen LogP) is 3.05. The highest BCUT2D eigenvalue weighted by molar-refractivity contribution is 6.13. The van der Waals surface area contributed by atoms with Crippen molar-refractivity contribution in [2.24, 2.45) is 4.99 Å². The Labute approximate surface area is 189 Å². The fourth-order valence-corrected chi connectivity index (χ4v) is 3.71. The van der Waals surface area contributed by atoms with Crippen molar-refractivity contribution in [3.8, 4) is 5.75 Å². The van der Waals surface area contributed by atoms with Crippen molar-refractivity contribution in [3.63, 3.8) is 0 Å². The molecule has 3 rings (SSSR count). The number of likely N-dealkylation sites (tertiary alicyclic amines) is 1. The Morgan fingerprint density at radius 3 is 2.75 bits per heavy atom. The number of carbonyl (C=O) groups excluding carboxylic acids is 2. The zero-order valence-corrected chi connectivity index (χ0v) is 19.3. The van der Waals surface area contributed by atoms with Crippen LogP contribution in [0.5, 0.6) is 5.75 Å². The van der Waals surface area contributed by atoms with Crippen LogP contribution in [0.25, 0.3) is 0 Å². The molecule has 32 heavy (non-hydrogen) atoms. The van der Waals surface area contributed by atoms with Gasteiger partial charge in [-0.3, -0.25) is 0 Å². The molecular weight excluding hydrogens is 410 g/mol. The normalized spacial score (nSPS) is 19.1. The average Bonchev–Trinajstić information content (AvgIpc) is 2.77. The smallest absolute Gasteiger partial charge is 0.343 e. The van der Waals surface area contributed by atoms with Gasteiger partial charge in [-0.05, 0) is 44.0 Å². The Kier molecular flexibility index (Phi) is 8.10. The van der Waals surface area contributed by atoms with Crippen LogP contribution >= 0.6 is 0 Å². The van der Waals surface area contributed by atoms with E-state index in [9.17, 15) is 9.59 Å². The number of urea groups is 1. The Morgan fingerprint density at radius 2 is 2.09 bits per heavy atom. The molecule has 1 aromatic carbocycles. The van der Waals surface area contributed by atoms with Crippen LogP contribution in [-0.4, -0.2) is 74.5 Å². The van der Waals surface area contributed by atoms with E-state index in [2.05, 4.69) is 27.4 Å². The van der Waals surface area contributed by atoms with Gasteiger partial charge in [-0.2, -0.15) is 4.99 Å². The molecule has 1 saturated heterocycles. The molecule has 0 unspecified atom stereocenters. The van der Waals surface area contributed by atoms with Gasteiger partial charge in [0, 0.05) is 39.4 Å². The van der Waals surface area contributed by atoms with Gasteiger partial charge < -0.3 is 29.9 Å². The van der Waals surface area contributed by atoms with E-state index in [0.29, 0.717) is 22.8 Å². The highest BCUT2D eigenvalue weighted by Gasteiger charge is 2.25. The maximum atomic E-state index is 12.7. The van der Waals surface area contributed by atoms with Crippen LogP contribution in [0.1, 0.15) is 43.0 Å². The van der Waals surface area contributed by atoms with Crippen LogP contribution in [0.15, 0.2) is 35.2 Å². The molecule has 2 heterocycles. The number of esters is 1. The number of fused-ring (bicyclic) bond motifs is 1. The molecule has 9 heteroatoms. The van der Waals surface area contributed by atoms with Crippen molar-refractivity contribution in [1.29, 1.82) is 0 Å². The van der Waals surface area contributed by atoms with Gasteiger partial charge in [-0.1, -0.05) is 13.3 Å². The van der Waals surface area contributed by atoms with E-state index >= 15 is 0 Å². The van der Waals surface area contributed by atoms with Gasteiger partial charge in [-0.25, -0.2) is 9.59 Å². The molecule has 1 aromatic rings. The maximum Gasteiger partial charge on any atom is 0.343 e. The van der Waals surface area contributed by atoms with E-state index in [0.717, 1.165) is 32.5 Å². The molecule has 0 atom stereocenters. The lowest BCUT2D eigenvalue weighted by Crippen LogP contribution is -2.44.